The van der Waals surface area contributed by atoms with Gasteiger partial charge in [-0.1, -0.05) is 11.6 Å². The lowest BCUT2D eigenvalue weighted by Crippen LogP contribution is -1.94. The van der Waals surface area contributed by atoms with Gasteiger partial charge in [-0.2, -0.15) is 0 Å². The van der Waals surface area contributed by atoms with Crippen molar-refractivity contribution in [2.75, 3.05) is 5.73 Å². The molecule has 0 spiro atoms. The Bertz CT molecular complexity index is 346. The molecule has 3 nitrogen and oxygen atoms in total. The van der Waals surface area contributed by atoms with Gasteiger partial charge in [-0.25, -0.2) is 9.97 Å². The summed E-state index contributed by atoms with van der Waals surface area (Å²) in [5.74, 6) is 3.03. The molecule has 0 fully saturated rings. The van der Waals surface area contributed by atoms with E-state index in [1.54, 1.807) is 0 Å². The van der Waals surface area contributed by atoms with Crippen molar-refractivity contribution in [2.24, 2.45) is 0 Å². The van der Waals surface area contributed by atoms with Crippen LogP contribution in [0.3, 0.4) is 0 Å². The van der Waals surface area contributed by atoms with Gasteiger partial charge in [-0.15, -0.1) is 0 Å². The van der Waals surface area contributed by atoms with E-state index in [0.717, 1.165) is 0 Å². The summed E-state index contributed by atoms with van der Waals surface area (Å²) < 4.78 is 0. The van der Waals surface area contributed by atoms with Crippen molar-refractivity contribution in [3.63, 3.8) is 0 Å². The van der Waals surface area contributed by atoms with Crippen LogP contribution in [-0.2, 0) is 0 Å². The zero-order valence-electron chi connectivity index (χ0n) is 5.71. The molecule has 0 aliphatic carbocycles. The van der Waals surface area contributed by atoms with Crippen molar-refractivity contribution < 1.29 is 0 Å². The number of aromatic nitrogens is 2. The Morgan fingerprint density at radius 2 is 2.42 bits per heavy atom. The maximum atomic E-state index is 5.70. The van der Waals surface area contributed by atoms with Crippen molar-refractivity contribution in [2.45, 2.75) is 0 Å². The predicted molar refractivity (Wildman–Crippen MR) is 59.9 cm³/mol. The Labute approximate surface area is 91.1 Å². The molecule has 62 valence electrons. The summed E-state index contributed by atoms with van der Waals surface area (Å²) in [4.78, 5) is 7.70. The van der Waals surface area contributed by atoms with Gasteiger partial charge in [0.25, 0.3) is 0 Å². The summed E-state index contributed by atoms with van der Waals surface area (Å²) in [7, 11) is 1.36. The van der Waals surface area contributed by atoms with Crippen LogP contribution in [0.25, 0.3) is 0 Å². The van der Waals surface area contributed by atoms with Crippen LogP contribution in [0.1, 0.15) is 5.69 Å². The van der Waals surface area contributed by atoms with Gasteiger partial charge in [-0.3, -0.25) is 0 Å². The summed E-state index contributed by atoms with van der Waals surface area (Å²) in [6.07, 6.45) is 1.42. The van der Waals surface area contributed by atoms with Crippen molar-refractivity contribution in [1.82, 2.24) is 9.97 Å². The highest BCUT2D eigenvalue weighted by atomic mass is 127. The van der Waals surface area contributed by atoms with Crippen molar-refractivity contribution >= 4 is 47.6 Å². The van der Waals surface area contributed by atoms with E-state index in [2.05, 4.69) is 42.3 Å². The third-order valence-corrected chi connectivity index (χ3v) is 2.06. The van der Waals surface area contributed by atoms with Crippen LogP contribution in [-0.4, -0.2) is 9.97 Å². The third-order valence-electron chi connectivity index (χ3n) is 0.957. The van der Waals surface area contributed by atoms with Gasteiger partial charge >= 0.3 is 0 Å². The lowest BCUT2D eigenvalue weighted by molar-refractivity contribution is 1.18. The fourth-order valence-corrected chi connectivity index (χ4v) is 1.19. The summed E-state index contributed by atoms with van der Waals surface area (Å²) in [6, 6.07) is 0. The number of hydrogen-bond acceptors (Lipinski definition) is 4. The first-order valence-corrected chi connectivity index (χ1v) is 6.54. The van der Waals surface area contributed by atoms with E-state index in [0.29, 0.717) is 11.5 Å². The Hall–Kier alpha value is -0.190. The average Bonchev–Trinajstić information content (AvgIpc) is 2.03. The van der Waals surface area contributed by atoms with Gasteiger partial charge in [0.2, 0.25) is 0 Å². The van der Waals surface area contributed by atoms with E-state index in [-0.39, 0.29) is 5.15 Å². The molecule has 0 aliphatic heterocycles. The first-order chi connectivity index (χ1) is 5.74. The molecule has 0 saturated carbocycles. The lowest BCUT2D eigenvalue weighted by atomic mass is 10.5. The molecule has 1 aromatic rings. The van der Waals surface area contributed by atoms with Crippen LogP contribution in [0.5, 0.6) is 0 Å². The van der Waals surface area contributed by atoms with Crippen LogP contribution < -0.4 is 5.73 Å². The molecule has 0 bridgehead atoms. The smallest absolute Gasteiger partial charge is 0.165 e. The van der Waals surface area contributed by atoms with Crippen molar-refractivity contribution in [3.8, 4) is 11.2 Å². The Balaban J connectivity index is 3.01. The predicted octanol–water partition coefficient (Wildman–Crippen LogP) is 2.10. The van der Waals surface area contributed by atoms with Gasteiger partial charge in [0.05, 0.1) is 6.20 Å². The van der Waals surface area contributed by atoms with Crippen LogP contribution >= 0.6 is 41.7 Å². The molecule has 0 radical (unpaired) electrons. The van der Waals surface area contributed by atoms with Crippen LogP contribution in [0.15, 0.2) is 6.20 Å². The maximum Gasteiger partial charge on any atom is 0.165 e. The molecule has 0 aromatic carbocycles. The number of nitrogen functional groups attached to an aromatic ring is 1. The molecule has 0 saturated heterocycles. The van der Waals surface area contributed by atoms with Crippen LogP contribution in [0.4, 0.5) is 5.82 Å². The second-order valence-corrected chi connectivity index (χ2v) is 3.78. The molecule has 6 heteroatoms. The van der Waals surface area contributed by atoms with Crippen LogP contribution in [0.2, 0.25) is 5.15 Å². The highest BCUT2D eigenvalue weighted by molar-refractivity contribution is 14.2. The average molecular weight is 312 g/mol. The summed E-state index contributed by atoms with van der Waals surface area (Å²) in [6.45, 7) is 0. The zero-order chi connectivity index (χ0) is 8.97. The molecule has 0 amide bonds. The Morgan fingerprint density at radius 1 is 1.67 bits per heavy atom. The standard InChI is InChI=1S/C6H3ClIN3S/c7-6-4(1-2-12-8)10-3-5(9)11-6/h3H,(H2,9,11). The molecule has 2 N–H and O–H groups in total. The highest BCUT2D eigenvalue weighted by Crippen LogP contribution is 2.12. The third kappa shape index (κ3) is 2.69. The highest BCUT2D eigenvalue weighted by Gasteiger charge is 1.99. The zero-order valence-corrected chi connectivity index (χ0v) is 9.44. The van der Waals surface area contributed by atoms with E-state index in [1.165, 1.54) is 15.1 Å². The van der Waals surface area contributed by atoms with E-state index in [9.17, 15) is 0 Å². The van der Waals surface area contributed by atoms with Crippen molar-refractivity contribution in [1.29, 1.82) is 0 Å². The fourth-order valence-electron chi connectivity index (χ4n) is 0.531. The summed E-state index contributed by atoms with van der Waals surface area (Å²) in [5, 5.41) is 2.99. The molecule has 0 atom stereocenters. The molecule has 1 rings (SSSR count). The number of anilines is 1. The quantitative estimate of drug-likeness (QED) is 0.589. The van der Waals surface area contributed by atoms with Gasteiger partial charge in [0.15, 0.2) is 10.8 Å². The maximum absolute atomic E-state index is 5.70. The number of halogens is 2. The SMILES string of the molecule is Nc1cnc(C#CSI)c(Cl)n1. The number of hydrogen-bond donors (Lipinski definition) is 1. The molecule has 0 aliphatic rings. The minimum absolute atomic E-state index is 0.243. The Kier molecular flexibility index (Phi) is 3.91. The van der Waals surface area contributed by atoms with E-state index < -0.39 is 0 Å². The number of nitrogens with two attached hydrogens (primary N) is 1. The van der Waals surface area contributed by atoms with Gasteiger partial charge in [-0.05, 0) is 20.1 Å². The normalized spacial score (nSPS) is 8.83. The minimum Gasteiger partial charge on any atom is -0.382 e. The van der Waals surface area contributed by atoms with Gasteiger partial charge < -0.3 is 5.73 Å². The lowest BCUT2D eigenvalue weighted by Gasteiger charge is -1.94. The first-order valence-electron chi connectivity index (χ1n) is 2.80. The molecular weight excluding hydrogens is 309 g/mol. The monoisotopic (exact) mass is 311 g/mol. The first kappa shape index (κ1) is 9.89. The van der Waals surface area contributed by atoms with Crippen LogP contribution in [0, 0.1) is 11.2 Å². The van der Waals surface area contributed by atoms with E-state index in [1.807, 2.05) is 0 Å². The topological polar surface area (TPSA) is 51.8 Å². The largest absolute Gasteiger partial charge is 0.382 e. The van der Waals surface area contributed by atoms with Crippen molar-refractivity contribution in [3.05, 3.63) is 17.0 Å². The van der Waals surface area contributed by atoms with Gasteiger partial charge in [0.1, 0.15) is 5.82 Å². The molecule has 1 aromatic heterocycles. The molecule has 1 heterocycles. The fraction of sp³-hybridized carbons (Fsp3) is 0. The molecule has 12 heavy (non-hydrogen) atoms. The molecular formula is C6H3ClIN3S. The van der Waals surface area contributed by atoms with Gasteiger partial charge in [0, 0.05) is 21.2 Å². The summed E-state index contributed by atoms with van der Waals surface area (Å²) >= 11 is 7.76. The summed E-state index contributed by atoms with van der Waals surface area (Å²) in [5.41, 5.74) is 5.80. The second-order valence-electron chi connectivity index (χ2n) is 1.74. The number of rotatable bonds is 0. The minimum atomic E-state index is 0.243. The van der Waals surface area contributed by atoms with E-state index in [4.69, 9.17) is 17.3 Å². The van der Waals surface area contributed by atoms with E-state index >= 15 is 0 Å². The molecule has 0 unspecified atom stereocenters. The Morgan fingerprint density at radius 3 is 3.00 bits per heavy atom. The number of nitrogens with zero attached hydrogens (tertiary/aromatic N) is 2. The second kappa shape index (κ2) is 4.74.